The molecule has 1 atom stereocenters. The van der Waals surface area contributed by atoms with Gasteiger partial charge in [0.1, 0.15) is 0 Å². The molecule has 10 heteroatoms. The number of aromatic amines is 2. The molecule has 5 heterocycles. The number of hydrogen-bond acceptors (Lipinski definition) is 6. The second kappa shape index (κ2) is 18.5. The minimum absolute atomic E-state index is 0.0941. The number of terminal acetylenes is 1. The Bertz CT molecular complexity index is 3590. The monoisotopic (exact) mass is 907 g/mol. The highest BCUT2D eigenvalue weighted by Gasteiger charge is 2.35. The molecule has 9 nitrogen and oxygen atoms in total. The van der Waals surface area contributed by atoms with Crippen LogP contribution < -0.4 is 0 Å². The van der Waals surface area contributed by atoms with Gasteiger partial charge >= 0.3 is 0 Å². The molecule has 2 aliphatic heterocycles. The first kappa shape index (κ1) is 43.5. The van der Waals surface area contributed by atoms with E-state index in [-0.39, 0.29) is 22.6 Å². The number of nitro groups is 1. The summed E-state index contributed by atoms with van der Waals surface area (Å²) in [5.41, 5.74) is 13.5. The van der Waals surface area contributed by atoms with Crippen LogP contribution in [-0.2, 0) is 9.84 Å². The van der Waals surface area contributed by atoms with Gasteiger partial charge in [-0.1, -0.05) is 115 Å². The molecule has 0 spiro atoms. The standard InChI is InChI=1S/C58H45N5O4S/c1-3-4-5-15-22-54(68(66,67)43-26-23-38(2)24-27-43)44-37-42(25-36-53(44)63(64)65)58-51-34-32-49(61-51)56(40-18-11-7-12-19-40)47-30-28-45(59-47)55(39-16-9-6-10-17-39)46-29-31-48(60-46)57(41-20-13-8-14-21-41)50-33-35-52(58)62-50/h1,6-14,16-21,23-37,54,59,62H,4-5,15,22H2,2H3. The first-order valence-electron chi connectivity index (χ1n) is 22.5. The molecule has 2 N–H and O–H groups in total. The van der Waals surface area contributed by atoms with Crippen LogP contribution in [0.2, 0.25) is 0 Å². The normalized spacial score (nSPS) is 12.5. The largest absolute Gasteiger partial charge is 0.354 e. The molecule has 332 valence electrons. The lowest BCUT2D eigenvalue weighted by Gasteiger charge is -2.19. The van der Waals surface area contributed by atoms with Crippen molar-refractivity contribution in [2.75, 3.05) is 0 Å². The predicted octanol–water partition coefficient (Wildman–Crippen LogP) is 14.2. The highest BCUT2D eigenvalue weighted by atomic mass is 32.2. The zero-order valence-corrected chi connectivity index (χ0v) is 38.0. The van der Waals surface area contributed by atoms with Gasteiger partial charge < -0.3 is 9.97 Å². The Morgan fingerprint density at radius 3 is 1.41 bits per heavy atom. The molecule has 10 rings (SSSR count). The fourth-order valence-corrected chi connectivity index (χ4v) is 11.1. The van der Waals surface area contributed by atoms with E-state index in [0.29, 0.717) is 47.3 Å². The lowest BCUT2D eigenvalue weighted by Crippen LogP contribution is -2.16. The lowest BCUT2D eigenvalue weighted by molar-refractivity contribution is -0.385. The molecule has 68 heavy (non-hydrogen) atoms. The molecule has 0 fully saturated rings. The van der Waals surface area contributed by atoms with Crippen LogP contribution in [0.4, 0.5) is 5.69 Å². The van der Waals surface area contributed by atoms with Gasteiger partial charge in [-0.25, -0.2) is 18.4 Å². The summed E-state index contributed by atoms with van der Waals surface area (Å²) in [5.74, 6) is 2.64. The second-order valence-corrected chi connectivity index (χ2v) is 19.1. The van der Waals surface area contributed by atoms with Crippen molar-refractivity contribution in [1.82, 2.24) is 19.9 Å². The van der Waals surface area contributed by atoms with Crippen molar-refractivity contribution in [3.8, 4) is 56.9 Å². The number of benzene rings is 5. The van der Waals surface area contributed by atoms with Crippen LogP contribution in [0, 0.1) is 29.4 Å². The molecular weight excluding hydrogens is 863 g/mol. The second-order valence-electron chi connectivity index (χ2n) is 16.9. The Hall–Kier alpha value is -8.39. The van der Waals surface area contributed by atoms with Gasteiger partial charge in [0.2, 0.25) is 0 Å². The molecular formula is C58H45N5O4S. The van der Waals surface area contributed by atoms with Gasteiger partial charge in [0.25, 0.3) is 5.69 Å². The number of fused-ring (bicyclic) bond motifs is 8. The number of rotatable bonds is 12. The summed E-state index contributed by atoms with van der Waals surface area (Å²) in [6.45, 7) is 1.88. The molecule has 0 saturated heterocycles. The number of hydrogen-bond donors (Lipinski definition) is 2. The first-order valence-corrected chi connectivity index (χ1v) is 24.1. The highest BCUT2D eigenvalue weighted by Crippen LogP contribution is 2.43. The number of nitro benzene ring substituents is 1. The van der Waals surface area contributed by atoms with E-state index in [1.54, 1.807) is 36.4 Å². The number of H-pyrrole nitrogens is 2. The summed E-state index contributed by atoms with van der Waals surface area (Å²) in [4.78, 5) is 30.8. The summed E-state index contributed by atoms with van der Waals surface area (Å²) < 4.78 is 29.6. The maximum absolute atomic E-state index is 14.8. The number of nitrogens with one attached hydrogen (secondary N) is 2. The molecule has 0 amide bonds. The van der Waals surface area contributed by atoms with Gasteiger partial charge in [0.05, 0.1) is 37.8 Å². The van der Waals surface area contributed by atoms with Crippen LogP contribution in [0.1, 0.15) is 64.8 Å². The van der Waals surface area contributed by atoms with Gasteiger partial charge in [-0.2, -0.15) is 0 Å². The molecule has 0 aliphatic carbocycles. The number of nitrogens with zero attached hydrogens (tertiary/aromatic N) is 3. The number of aryl methyl sites for hydroxylation is 1. The third kappa shape index (κ3) is 8.36. The summed E-state index contributed by atoms with van der Waals surface area (Å²) >= 11 is 0. The zero-order chi connectivity index (χ0) is 46.8. The quantitative estimate of drug-likeness (QED) is 0.0542. The Labute approximate surface area is 394 Å². The van der Waals surface area contributed by atoms with Crippen molar-refractivity contribution in [2.24, 2.45) is 0 Å². The van der Waals surface area contributed by atoms with Crippen molar-refractivity contribution in [2.45, 2.75) is 42.8 Å². The van der Waals surface area contributed by atoms with Crippen LogP contribution in [0.3, 0.4) is 0 Å². The zero-order valence-electron chi connectivity index (χ0n) is 37.2. The van der Waals surface area contributed by atoms with E-state index >= 15 is 0 Å². The molecule has 0 saturated carbocycles. The van der Waals surface area contributed by atoms with Crippen LogP contribution in [0.5, 0.6) is 0 Å². The predicted molar refractivity (Wildman–Crippen MR) is 276 cm³/mol. The molecule has 5 aromatic carbocycles. The Balaban J connectivity index is 1.31. The van der Waals surface area contributed by atoms with E-state index in [2.05, 4.69) is 70.5 Å². The maximum atomic E-state index is 14.8. The summed E-state index contributed by atoms with van der Waals surface area (Å²) in [5, 5.41) is 11.7. The summed E-state index contributed by atoms with van der Waals surface area (Å²) in [6.07, 6.45) is 15.2. The summed E-state index contributed by atoms with van der Waals surface area (Å²) in [6, 6.07) is 49.9. The van der Waals surface area contributed by atoms with Crippen molar-refractivity contribution in [3.05, 3.63) is 202 Å². The first-order chi connectivity index (χ1) is 33.2. The third-order valence-corrected chi connectivity index (χ3v) is 14.7. The van der Waals surface area contributed by atoms with Crippen LogP contribution >= 0.6 is 0 Å². The Morgan fingerprint density at radius 2 is 1.00 bits per heavy atom. The van der Waals surface area contributed by atoms with E-state index < -0.39 is 20.0 Å². The average Bonchev–Trinajstić information content (AvgIpc) is 4.21. The average molecular weight is 908 g/mol. The SMILES string of the molecule is C#CCCCCC(c1cc(-c2c3nc(c(-c4ccccc4)c4ccc([nH]4)c(-c4ccccc4)c4nc(c(-c5ccccc5)c5ccc2[nH]5)C=C4)C=C3)ccc1[N+](=O)[O-])S(=O)(=O)c1ccc(C)cc1. The molecule has 3 aromatic heterocycles. The molecule has 2 aliphatic rings. The fraction of sp³-hybridized carbons (Fsp3) is 0.103. The van der Waals surface area contributed by atoms with E-state index in [1.807, 2.05) is 91.9 Å². The van der Waals surface area contributed by atoms with Crippen molar-refractivity contribution < 1.29 is 13.3 Å². The third-order valence-electron chi connectivity index (χ3n) is 12.6. The van der Waals surface area contributed by atoms with Gasteiger partial charge in [-0.15, -0.1) is 12.3 Å². The number of sulfone groups is 1. The van der Waals surface area contributed by atoms with Crippen LogP contribution in [0.25, 0.3) is 90.9 Å². The van der Waals surface area contributed by atoms with E-state index in [4.69, 9.17) is 16.4 Å². The topological polar surface area (TPSA) is 135 Å². The summed E-state index contributed by atoms with van der Waals surface area (Å²) in [7, 11) is -4.14. The van der Waals surface area contributed by atoms with Gasteiger partial charge in [0, 0.05) is 62.4 Å². The van der Waals surface area contributed by atoms with Crippen LogP contribution in [-0.4, -0.2) is 33.3 Å². The van der Waals surface area contributed by atoms with E-state index in [0.717, 1.165) is 66.9 Å². The minimum atomic E-state index is -4.14. The van der Waals surface area contributed by atoms with Gasteiger partial charge in [-0.3, -0.25) is 10.1 Å². The van der Waals surface area contributed by atoms with Gasteiger partial charge in [-0.05, 0) is 115 Å². The highest BCUT2D eigenvalue weighted by molar-refractivity contribution is 7.91. The maximum Gasteiger partial charge on any atom is 0.273 e. The Morgan fingerprint density at radius 1 is 0.574 bits per heavy atom. The van der Waals surface area contributed by atoms with Crippen molar-refractivity contribution in [1.29, 1.82) is 0 Å². The smallest absolute Gasteiger partial charge is 0.273 e. The van der Waals surface area contributed by atoms with Crippen LogP contribution in [0.15, 0.2) is 163 Å². The molecule has 8 bridgehead atoms. The number of aromatic nitrogens is 4. The van der Waals surface area contributed by atoms with Crippen molar-refractivity contribution >= 4 is 61.9 Å². The fourth-order valence-electron chi connectivity index (χ4n) is 9.30. The van der Waals surface area contributed by atoms with Gasteiger partial charge in [0.15, 0.2) is 9.84 Å². The minimum Gasteiger partial charge on any atom is -0.354 e. The van der Waals surface area contributed by atoms with Crippen molar-refractivity contribution in [3.63, 3.8) is 0 Å². The molecule has 0 radical (unpaired) electrons. The van der Waals surface area contributed by atoms with E-state index in [1.165, 1.54) is 6.07 Å². The molecule has 8 aromatic rings. The lowest BCUT2D eigenvalue weighted by atomic mass is 9.97. The Kier molecular flexibility index (Phi) is 11.8. The molecule has 1 unspecified atom stereocenters. The number of unbranched alkanes of at least 4 members (excludes halogenated alkanes) is 2. The van der Waals surface area contributed by atoms with E-state index in [9.17, 15) is 18.5 Å².